The smallest absolute Gasteiger partial charge is 0.408 e. The third-order valence-corrected chi connectivity index (χ3v) is 5.63. The summed E-state index contributed by atoms with van der Waals surface area (Å²) in [5, 5.41) is 2.69. The summed E-state index contributed by atoms with van der Waals surface area (Å²) < 4.78 is 29.0. The Hall–Kier alpha value is -2.09. The van der Waals surface area contributed by atoms with E-state index in [9.17, 15) is 18.0 Å². The van der Waals surface area contributed by atoms with Crippen molar-refractivity contribution in [3.63, 3.8) is 0 Å². The second-order valence-electron chi connectivity index (χ2n) is 5.49. The zero-order valence-corrected chi connectivity index (χ0v) is 12.6. The number of carbonyl (C=O) groups excluding carboxylic acids is 1. The van der Waals surface area contributed by atoms with Gasteiger partial charge in [-0.2, -0.15) is 0 Å². The van der Waals surface area contributed by atoms with Crippen LogP contribution in [0.4, 0.5) is 0 Å². The lowest BCUT2D eigenvalue weighted by atomic mass is 10.1. The van der Waals surface area contributed by atoms with Gasteiger partial charge in [0.1, 0.15) is 6.54 Å². The van der Waals surface area contributed by atoms with Gasteiger partial charge in [0.2, 0.25) is 5.91 Å². The summed E-state index contributed by atoms with van der Waals surface area (Å²) in [6.07, 6.45) is 0.567. The first kappa shape index (κ1) is 14.8. The molecule has 0 saturated carbocycles. The fourth-order valence-electron chi connectivity index (χ4n) is 2.65. The second-order valence-corrected chi connectivity index (χ2v) is 7.72. The van der Waals surface area contributed by atoms with Crippen molar-refractivity contribution in [2.24, 2.45) is 5.92 Å². The van der Waals surface area contributed by atoms with Crippen molar-refractivity contribution in [3.8, 4) is 0 Å². The molecule has 0 aliphatic carbocycles. The van der Waals surface area contributed by atoms with Crippen LogP contribution in [0.5, 0.6) is 0 Å². The Morgan fingerprint density at radius 2 is 2.14 bits per heavy atom. The molecule has 1 aliphatic heterocycles. The molecule has 7 nitrogen and oxygen atoms in total. The van der Waals surface area contributed by atoms with Gasteiger partial charge >= 0.3 is 5.76 Å². The lowest BCUT2D eigenvalue weighted by molar-refractivity contribution is -0.121. The van der Waals surface area contributed by atoms with Crippen LogP contribution in [0, 0.1) is 5.92 Å². The minimum absolute atomic E-state index is 0.0493. The molecule has 8 heteroatoms. The van der Waals surface area contributed by atoms with E-state index in [1.165, 1.54) is 4.57 Å². The maximum absolute atomic E-state index is 12.0. The number of rotatable bonds is 4. The van der Waals surface area contributed by atoms with Gasteiger partial charge in [0.05, 0.1) is 17.0 Å². The summed E-state index contributed by atoms with van der Waals surface area (Å²) in [7, 11) is -2.95. The van der Waals surface area contributed by atoms with Crippen molar-refractivity contribution in [2.45, 2.75) is 13.0 Å². The van der Waals surface area contributed by atoms with E-state index in [1.54, 1.807) is 24.3 Å². The van der Waals surface area contributed by atoms with Crippen LogP contribution in [0.3, 0.4) is 0 Å². The quantitative estimate of drug-likeness (QED) is 0.863. The van der Waals surface area contributed by atoms with Crippen molar-refractivity contribution >= 4 is 26.8 Å². The molecule has 3 rings (SSSR count). The molecule has 2 heterocycles. The highest BCUT2D eigenvalue weighted by molar-refractivity contribution is 7.91. The van der Waals surface area contributed by atoms with Gasteiger partial charge in [0.15, 0.2) is 15.4 Å². The van der Waals surface area contributed by atoms with Crippen LogP contribution in [-0.2, 0) is 21.2 Å². The largest absolute Gasteiger partial charge is 0.420 e. The second kappa shape index (κ2) is 5.60. The number of hydrogen-bond acceptors (Lipinski definition) is 5. The van der Waals surface area contributed by atoms with Gasteiger partial charge in [-0.15, -0.1) is 0 Å². The Bertz CT molecular complexity index is 865. The van der Waals surface area contributed by atoms with E-state index in [0.29, 0.717) is 24.1 Å². The first-order valence-corrected chi connectivity index (χ1v) is 8.82. The van der Waals surface area contributed by atoms with Gasteiger partial charge in [0.25, 0.3) is 0 Å². The third kappa shape index (κ3) is 3.06. The lowest BCUT2D eigenvalue weighted by Gasteiger charge is -2.09. The topological polar surface area (TPSA) is 98.4 Å². The van der Waals surface area contributed by atoms with Crippen LogP contribution in [0.15, 0.2) is 33.5 Å². The molecule has 0 bridgehead atoms. The molecule has 0 radical (unpaired) electrons. The summed E-state index contributed by atoms with van der Waals surface area (Å²) in [4.78, 5) is 23.7. The van der Waals surface area contributed by atoms with Crippen molar-refractivity contribution in [2.75, 3.05) is 18.1 Å². The molecule has 1 saturated heterocycles. The summed E-state index contributed by atoms with van der Waals surface area (Å²) in [6, 6.07) is 6.87. The fourth-order valence-corrected chi connectivity index (χ4v) is 4.52. The molecule has 22 heavy (non-hydrogen) atoms. The minimum atomic E-state index is -2.95. The number of aromatic nitrogens is 1. The number of sulfone groups is 1. The van der Waals surface area contributed by atoms with Crippen molar-refractivity contribution < 1.29 is 17.6 Å². The molecule has 1 aliphatic rings. The van der Waals surface area contributed by atoms with E-state index in [4.69, 9.17) is 4.42 Å². The van der Waals surface area contributed by atoms with E-state index in [1.807, 2.05) is 0 Å². The number of benzene rings is 1. The van der Waals surface area contributed by atoms with Gasteiger partial charge in [-0.25, -0.2) is 13.2 Å². The van der Waals surface area contributed by atoms with Gasteiger partial charge in [-0.3, -0.25) is 9.36 Å². The van der Waals surface area contributed by atoms with Crippen LogP contribution < -0.4 is 11.1 Å². The summed E-state index contributed by atoms with van der Waals surface area (Å²) in [6.45, 7) is 0.165. The number of oxazole rings is 1. The molecule has 1 fully saturated rings. The zero-order valence-electron chi connectivity index (χ0n) is 11.8. The Morgan fingerprint density at radius 1 is 1.36 bits per heavy atom. The maximum Gasteiger partial charge on any atom is 0.420 e. The van der Waals surface area contributed by atoms with Crippen LogP contribution >= 0.6 is 0 Å². The number of carbonyl (C=O) groups is 1. The standard InChI is InChI=1S/C14H16N2O5S/c17-13(15-7-10-5-6-22(19,20)9-10)8-16-11-3-1-2-4-12(11)21-14(16)18/h1-4,10H,5-9H2,(H,15,17)/t10-/m1/s1. The average molecular weight is 324 g/mol. The SMILES string of the molecule is O=C(Cn1c(=O)oc2ccccc21)NC[C@H]1CCS(=O)(=O)C1. The van der Waals surface area contributed by atoms with E-state index in [2.05, 4.69) is 5.32 Å². The highest BCUT2D eigenvalue weighted by atomic mass is 32.2. The van der Waals surface area contributed by atoms with Gasteiger partial charge in [0, 0.05) is 6.54 Å². The van der Waals surface area contributed by atoms with Crippen molar-refractivity contribution in [1.82, 2.24) is 9.88 Å². The van der Waals surface area contributed by atoms with E-state index in [-0.39, 0.29) is 29.9 Å². The first-order valence-electron chi connectivity index (χ1n) is 7.00. The lowest BCUT2D eigenvalue weighted by Crippen LogP contribution is -2.34. The maximum atomic E-state index is 12.0. The predicted molar refractivity (Wildman–Crippen MR) is 80.2 cm³/mol. The van der Waals surface area contributed by atoms with Gasteiger partial charge in [-0.1, -0.05) is 12.1 Å². The number of hydrogen-bond donors (Lipinski definition) is 1. The number of amides is 1. The molecule has 1 aromatic carbocycles. The van der Waals surface area contributed by atoms with Crippen molar-refractivity contribution in [1.29, 1.82) is 0 Å². The minimum Gasteiger partial charge on any atom is -0.408 e. The Balaban J connectivity index is 1.64. The first-order chi connectivity index (χ1) is 10.4. The van der Waals surface area contributed by atoms with Crippen LogP contribution in [0.25, 0.3) is 11.1 Å². The fraction of sp³-hybridized carbons (Fsp3) is 0.429. The predicted octanol–water partition coefficient (Wildman–Crippen LogP) is 0.145. The Morgan fingerprint density at radius 3 is 2.86 bits per heavy atom. The molecule has 1 amide bonds. The molecular weight excluding hydrogens is 308 g/mol. The van der Waals surface area contributed by atoms with E-state index < -0.39 is 15.6 Å². The van der Waals surface area contributed by atoms with Crippen LogP contribution in [0.2, 0.25) is 0 Å². The molecule has 0 spiro atoms. The zero-order chi connectivity index (χ0) is 15.7. The Kier molecular flexibility index (Phi) is 3.78. The molecular formula is C14H16N2O5S. The molecule has 118 valence electrons. The van der Waals surface area contributed by atoms with Crippen LogP contribution in [0.1, 0.15) is 6.42 Å². The molecule has 1 aromatic heterocycles. The highest BCUT2D eigenvalue weighted by Gasteiger charge is 2.28. The number of nitrogens with zero attached hydrogens (tertiary/aromatic N) is 1. The number of para-hydroxylation sites is 2. The molecule has 0 unspecified atom stereocenters. The average Bonchev–Trinajstić information content (AvgIpc) is 2.97. The monoisotopic (exact) mass is 324 g/mol. The number of fused-ring (bicyclic) bond motifs is 1. The molecule has 2 aromatic rings. The van der Waals surface area contributed by atoms with E-state index >= 15 is 0 Å². The van der Waals surface area contributed by atoms with Crippen molar-refractivity contribution in [3.05, 3.63) is 34.8 Å². The molecule has 1 atom stereocenters. The number of nitrogens with one attached hydrogen (secondary N) is 1. The molecule has 1 N–H and O–H groups in total. The van der Waals surface area contributed by atoms with Gasteiger partial charge in [-0.05, 0) is 24.5 Å². The Labute approximate surface area is 126 Å². The van der Waals surface area contributed by atoms with Crippen LogP contribution in [-0.4, -0.2) is 36.9 Å². The third-order valence-electron chi connectivity index (χ3n) is 3.79. The highest BCUT2D eigenvalue weighted by Crippen LogP contribution is 2.17. The summed E-state index contributed by atoms with van der Waals surface area (Å²) in [5.41, 5.74) is 0.994. The van der Waals surface area contributed by atoms with E-state index in [0.717, 1.165) is 0 Å². The summed E-state index contributed by atoms with van der Waals surface area (Å²) in [5.74, 6) is -0.675. The van der Waals surface area contributed by atoms with Gasteiger partial charge < -0.3 is 9.73 Å². The normalized spacial score (nSPS) is 20.3. The summed E-state index contributed by atoms with van der Waals surface area (Å²) >= 11 is 0.